The number of nitrogens with zero attached hydrogens (tertiary/aromatic N) is 4. The molecule has 0 fully saturated rings. The van der Waals surface area contributed by atoms with E-state index in [1.807, 2.05) is 54.6 Å². The van der Waals surface area contributed by atoms with Crippen molar-refractivity contribution in [2.45, 2.75) is 6.54 Å². The Hall–Kier alpha value is -2.92. The average Bonchev–Trinajstić information content (AvgIpc) is 2.91. The minimum atomic E-state index is -0.275. The van der Waals surface area contributed by atoms with Crippen LogP contribution in [-0.4, -0.2) is 19.4 Å². The lowest BCUT2D eigenvalue weighted by atomic mass is 10.1. The van der Waals surface area contributed by atoms with Gasteiger partial charge in [0.05, 0.1) is 12.2 Å². The van der Waals surface area contributed by atoms with Crippen molar-refractivity contribution in [1.82, 2.24) is 19.4 Å². The maximum Gasteiger partial charge on any atom is 0.367 e. The van der Waals surface area contributed by atoms with Crippen LogP contribution in [-0.2, 0) is 6.54 Å². The fourth-order valence-electron chi connectivity index (χ4n) is 2.58. The van der Waals surface area contributed by atoms with Gasteiger partial charge in [-0.3, -0.25) is 0 Å². The molecular formula is C18H13ClN4O. The predicted molar refractivity (Wildman–Crippen MR) is 93.2 cm³/mol. The Labute approximate surface area is 142 Å². The number of rotatable bonds is 3. The third kappa shape index (κ3) is 2.70. The van der Waals surface area contributed by atoms with Gasteiger partial charge >= 0.3 is 5.69 Å². The van der Waals surface area contributed by atoms with Crippen LogP contribution in [0.25, 0.3) is 16.9 Å². The largest absolute Gasteiger partial charge is 0.367 e. The molecule has 5 nitrogen and oxygen atoms in total. The zero-order valence-corrected chi connectivity index (χ0v) is 13.4. The molecule has 118 valence electrons. The Bertz CT molecular complexity index is 1070. The van der Waals surface area contributed by atoms with Crippen molar-refractivity contribution < 1.29 is 0 Å². The second-order valence-corrected chi connectivity index (χ2v) is 5.86. The number of hydrogen-bond acceptors (Lipinski definition) is 3. The Morgan fingerprint density at radius 3 is 2.54 bits per heavy atom. The highest BCUT2D eigenvalue weighted by Gasteiger charge is 2.10. The third-order valence-corrected chi connectivity index (χ3v) is 3.97. The standard InChI is InChI=1S/C18H13ClN4O/c19-15-8-4-5-13(11-15)12-22-18(24)23-17(21-22)10-9-16(20-23)14-6-2-1-3-7-14/h1-11H,12H2. The van der Waals surface area contributed by atoms with Gasteiger partial charge in [-0.2, -0.15) is 9.61 Å². The number of aromatic nitrogens is 4. The number of halogens is 1. The molecule has 0 unspecified atom stereocenters. The van der Waals surface area contributed by atoms with Crippen LogP contribution in [0, 0.1) is 0 Å². The smallest absolute Gasteiger partial charge is 0.244 e. The summed E-state index contributed by atoms with van der Waals surface area (Å²) < 4.78 is 2.72. The van der Waals surface area contributed by atoms with E-state index in [0.717, 1.165) is 16.8 Å². The van der Waals surface area contributed by atoms with Crippen molar-refractivity contribution in [1.29, 1.82) is 0 Å². The SMILES string of the molecule is O=c1n(Cc2cccc(Cl)c2)nc2ccc(-c3ccccc3)nn12. The fourth-order valence-corrected chi connectivity index (χ4v) is 2.80. The predicted octanol–water partition coefficient (Wildman–Crippen LogP) is 3.26. The Kier molecular flexibility index (Phi) is 3.63. The number of benzene rings is 2. The lowest BCUT2D eigenvalue weighted by Crippen LogP contribution is -2.23. The molecule has 0 N–H and O–H groups in total. The molecule has 0 aliphatic carbocycles. The van der Waals surface area contributed by atoms with E-state index in [1.165, 1.54) is 9.20 Å². The monoisotopic (exact) mass is 336 g/mol. The molecule has 0 radical (unpaired) electrons. The molecule has 0 saturated heterocycles. The van der Waals surface area contributed by atoms with Crippen LogP contribution < -0.4 is 5.69 Å². The lowest BCUT2D eigenvalue weighted by molar-refractivity contribution is 0.651. The molecule has 0 aliphatic heterocycles. The molecule has 0 aliphatic rings. The molecule has 2 heterocycles. The maximum atomic E-state index is 12.6. The van der Waals surface area contributed by atoms with Gasteiger partial charge < -0.3 is 0 Å². The van der Waals surface area contributed by atoms with Crippen LogP contribution in [0.4, 0.5) is 0 Å². The van der Waals surface area contributed by atoms with Crippen LogP contribution >= 0.6 is 11.6 Å². The Balaban J connectivity index is 1.76. The van der Waals surface area contributed by atoms with Crippen molar-refractivity contribution in [3.05, 3.63) is 87.8 Å². The van der Waals surface area contributed by atoms with Crippen LogP contribution in [0.15, 0.2) is 71.5 Å². The Morgan fingerprint density at radius 2 is 1.75 bits per heavy atom. The first kappa shape index (κ1) is 14.7. The molecule has 2 aromatic heterocycles. The van der Waals surface area contributed by atoms with Crippen LogP contribution in [0.2, 0.25) is 5.02 Å². The van der Waals surface area contributed by atoms with E-state index in [4.69, 9.17) is 11.6 Å². The van der Waals surface area contributed by atoms with Crippen molar-refractivity contribution in [2.75, 3.05) is 0 Å². The first-order valence-electron chi connectivity index (χ1n) is 7.47. The van der Waals surface area contributed by atoms with E-state index in [-0.39, 0.29) is 5.69 Å². The highest BCUT2D eigenvalue weighted by Crippen LogP contribution is 2.16. The van der Waals surface area contributed by atoms with Crippen LogP contribution in [0.1, 0.15) is 5.56 Å². The van der Waals surface area contributed by atoms with Gasteiger partial charge in [0.15, 0.2) is 5.65 Å². The van der Waals surface area contributed by atoms with Crippen LogP contribution in [0.5, 0.6) is 0 Å². The molecule has 4 rings (SSSR count). The fraction of sp³-hybridized carbons (Fsp3) is 0.0556. The van der Waals surface area contributed by atoms with Crippen molar-refractivity contribution in [2.24, 2.45) is 0 Å². The minimum Gasteiger partial charge on any atom is -0.244 e. The molecule has 2 aromatic carbocycles. The lowest BCUT2D eigenvalue weighted by Gasteiger charge is -2.00. The zero-order chi connectivity index (χ0) is 16.5. The normalized spacial score (nSPS) is 11.0. The molecule has 0 atom stereocenters. The topological polar surface area (TPSA) is 52.2 Å². The van der Waals surface area contributed by atoms with Gasteiger partial charge in [0, 0.05) is 10.6 Å². The molecule has 24 heavy (non-hydrogen) atoms. The zero-order valence-electron chi connectivity index (χ0n) is 12.6. The summed E-state index contributed by atoms with van der Waals surface area (Å²) in [5.41, 5.74) is 2.84. The second kappa shape index (κ2) is 5.94. The van der Waals surface area contributed by atoms with Gasteiger partial charge in [-0.25, -0.2) is 9.48 Å². The van der Waals surface area contributed by atoms with Gasteiger partial charge in [-0.15, -0.1) is 5.10 Å². The van der Waals surface area contributed by atoms with E-state index < -0.39 is 0 Å². The van der Waals surface area contributed by atoms with E-state index >= 15 is 0 Å². The van der Waals surface area contributed by atoms with E-state index in [2.05, 4.69) is 10.2 Å². The third-order valence-electron chi connectivity index (χ3n) is 3.73. The van der Waals surface area contributed by atoms with Gasteiger partial charge in [0.2, 0.25) is 0 Å². The quantitative estimate of drug-likeness (QED) is 0.577. The van der Waals surface area contributed by atoms with Gasteiger partial charge in [-0.05, 0) is 29.8 Å². The molecule has 0 amide bonds. The molecule has 0 bridgehead atoms. The second-order valence-electron chi connectivity index (χ2n) is 5.42. The summed E-state index contributed by atoms with van der Waals surface area (Å²) in [6, 6.07) is 20.8. The number of fused-ring (bicyclic) bond motifs is 1. The van der Waals surface area contributed by atoms with Gasteiger partial charge in [-0.1, -0.05) is 54.1 Å². The first-order valence-corrected chi connectivity index (χ1v) is 7.85. The summed E-state index contributed by atoms with van der Waals surface area (Å²) in [4.78, 5) is 12.6. The molecule has 4 aromatic rings. The average molecular weight is 337 g/mol. The Morgan fingerprint density at radius 1 is 0.917 bits per heavy atom. The summed E-state index contributed by atoms with van der Waals surface area (Å²) in [6.45, 7) is 0.351. The van der Waals surface area contributed by atoms with Crippen molar-refractivity contribution >= 4 is 17.2 Å². The summed E-state index contributed by atoms with van der Waals surface area (Å²) in [7, 11) is 0. The summed E-state index contributed by atoms with van der Waals surface area (Å²) >= 11 is 5.99. The van der Waals surface area contributed by atoms with Crippen molar-refractivity contribution in [3.63, 3.8) is 0 Å². The molecule has 6 heteroatoms. The van der Waals surface area contributed by atoms with Gasteiger partial charge in [0.25, 0.3) is 0 Å². The van der Waals surface area contributed by atoms with E-state index in [0.29, 0.717) is 17.2 Å². The number of hydrogen-bond donors (Lipinski definition) is 0. The highest BCUT2D eigenvalue weighted by atomic mass is 35.5. The minimum absolute atomic E-state index is 0.275. The van der Waals surface area contributed by atoms with Crippen molar-refractivity contribution in [3.8, 4) is 11.3 Å². The van der Waals surface area contributed by atoms with E-state index in [9.17, 15) is 4.79 Å². The van der Waals surface area contributed by atoms with Gasteiger partial charge in [0.1, 0.15) is 0 Å². The van der Waals surface area contributed by atoms with E-state index in [1.54, 1.807) is 12.1 Å². The molecule has 0 spiro atoms. The molecular weight excluding hydrogens is 324 g/mol. The first-order chi connectivity index (χ1) is 11.7. The van der Waals surface area contributed by atoms with Crippen LogP contribution in [0.3, 0.4) is 0 Å². The molecule has 0 saturated carbocycles. The maximum absolute atomic E-state index is 12.6. The summed E-state index contributed by atoms with van der Waals surface area (Å²) in [6.07, 6.45) is 0. The summed E-state index contributed by atoms with van der Waals surface area (Å²) in [5, 5.41) is 9.39. The highest BCUT2D eigenvalue weighted by molar-refractivity contribution is 6.30. The summed E-state index contributed by atoms with van der Waals surface area (Å²) in [5.74, 6) is 0.